The van der Waals surface area contributed by atoms with Crippen molar-refractivity contribution < 1.29 is 9.18 Å². The summed E-state index contributed by atoms with van der Waals surface area (Å²) in [5, 5.41) is 6.39. The normalized spacial score (nSPS) is 26.0. The smallest absolute Gasteiger partial charge is 0.225 e. The number of hydrogen-bond acceptors (Lipinski definition) is 3. The zero-order valence-corrected chi connectivity index (χ0v) is 14.2. The molecule has 2 saturated heterocycles. The van der Waals surface area contributed by atoms with Gasteiger partial charge < -0.3 is 15.5 Å². The number of piperidine rings is 1. The topological polar surface area (TPSA) is 44.4 Å². The van der Waals surface area contributed by atoms with Crippen LogP contribution in [0.4, 0.5) is 10.1 Å². The number of rotatable bonds is 5. The lowest BCUT2D eigenvalue weighted by Crippen LogP contribution is -2.47. The largest absolute Gasteiger partial charge is 0.326 e. The maximum Gasteiger partial charge on any atom is 0.225 e. The fourth-order valence-electron chi connectivity index (χ4n) is 3.64. The second kappa shape index (κ2) is 8.08. The zero-order chi connectivity index (χ0) is 15.5. The SMILES string of the molecule is CN(CCC(=O)Nc1cccc(F)c1)C1CC2CCC(C1)N2.Cl. The average molecular weight is 342 g/mol. The van der Waals surface area contributed by atoms with Crippen molar-refractivity contribution in [2.75, 3.05) is 18.9 Å². The Bertz CT molecular complexity index is 530. The van der Waals surface area contributed by atoms with Crippen molar-refractivity contribution >= 4 is 24.0 Å². The van der Waals surface area contributed by atoms with E-state index in [1.807, 2.05) is 0 Å². The molecule has 1 aromatic rings. The molecule has 23 heavy (non-hydrogen) atoms. The number of anilines is 1. The molecule has 2 N–H and O–H groups in total. The Balaban J connectivity index is 0.00000192. The van der Waals surface area contributed by atoms with Gasteiger partial charge in [0.15, 0.2) is 0 Å². The highest BCUT2D eigenvalue weighted by Gasteiger charge is 2.34. The van der Waals surface area contributed by atoms with E-state index < -0.39 is 0 Å². The van der Waals surface area contributed by atoms with E-state index in [2.05, 4.69) is 22.6 Å². The van der Waals surface area contributed by atoms with Gasteiger partial charge in [-0.1, -0.05) is 6.07 Å². The maximum absolute atomic E-state index is 13.1. The van der Waals surface area contributed by atoms with Gasteiger partial charge in [-0.3, -0.25) is 4.79 Å². The third-order valence-corrected chi connectivity index (χ3v) is 4.87. The van der Waals surface area contributed by atoms with Gasteiger partial charge in [-0.2, -0.15) is 0 Å². The number of fused-ring (bicyclic) bond motifs is 2. The van der Waals surface area contributed by atoms with Crippen LogP contribution in [0.5, 0.6) is 0 Å². The number of carbonyl (C=O) groups is 1. The van der Waals surface area contributed by atoms with E-state index in [1.54, 1.807) is 12.1 Å². The molecule has 128 valence electrons. The number of carbonyl (C=O) groups excluding carboxylic acids is 1. The number of nitrogens with one attached hydrogen (secondary N) is 2. The van der Waals surface area contributed by atoms with Crippen molar-refractivity contribution in [2.45, 2.75) is 50.2 Å². The van der Waals surface area contributed by atoms with E-state index in [0.717, 1.165) is 6.54 Å². The Morgan fingerprint density at radius 2 is 2.04 bits per heavy atom. The summed E-state index contributed by atoms with van der Waals surface area (Å²) in [5.41, 5.74) is 0.521. The summed E-state index contributed by atoms with van der Waals surface area (Å²) in [6.07, 6.45) is 5.37. The average Bonchev–Trinajstić information content (AvgIpc) is 2.83. The summed E-state index contributed by atoms with van der Waals surface area (Å²) in [5.74, 6) is -0.394. The van der Waals surface area contributed by atoms with Crippen LogP contribution in [-0.2, 0) is 4.79 Å². The molecule has 2 unspecified atom stereocenters. The van der Waals surface area contributed by atoms with Gasteiger partial charge in [-0.25, -0.2) is 4.39 Å². The summed E-state index contributed by atoms with van der Waals surface area (Å²) in [4.78, 5) is 14.3. The van der Waals surface area contributed by atoms with Gasteiger partial charge in [0.05, 0.1) is 0 Å². The van der Waals surface area contributed by atoms with Crippen molar-refractivity contribution in [2.24, 2.45) is 0 Å². The van der Waals surface area contributed by atoms with Gasteiger partial charge in [0, 0.05) is 36.8 Å². The van der Waals surface area contributed by atoms with Crippen molar-refractivity contribution in [1.29, 1.82) is 0 Å². The van der Waals surface area contributed by atoms with Crippen LogP contribution in [0.25, 0.3) is 0 Å². The lowest BCUT2D eigenvalue weighted by atomic mass is 9.98. The van der Waals surface area contributed by atoms with Crippen LogP contribution in [0, 0.1) is 5.82 Å². The number of benzene rings is 1. The number of halogens is 2. The molecule has 4 nitrogen and oxygen atoms in total. The molecule has 2 aliphatic rings. The Morgan fingerprint density at radius 1 is 1.35 bits per heavy atom. The first-order valence-electron chi connectivity index (χ1n) is 8.12. The fourth-order valence-corrected chi connectivity index (χ4v) is 3.64. The monoisotopic (exact) mass is 341 g/mol. The van der Waals surface area contributed by atoms with E-state index in [9.17, 15) is 9.18 Å². The molecule has 2 fully saturated rings. The summed E-state index contributed by atoms with van der Waals surface area (Å²) in [6.45, 7) is 0.741. The zero-order valence-electron chi connectivity index (χ0n) is 13.4. The summed E-state index contributed by atoms with van der Waals surface area (Å²) >= 11 is 0. The van der Waals surface area contributed by atoms with Crippen LogP contribution in [0.1, 0.15) is 32.1 Å². The Labute approximate surface area is 143 Å². The van der Waals surface area contributed by atoms with Crippen molar-refractivity contribution in [1.82, 2.24) is 10.2 Å². The predicted molar refractivity (Wildman–Crippen MR) is 92.5 cm³/mol. The van der Waals surface area contributed by atoms with Crippen LogP contribution in [-0.4, -0.2) is 42.5 Å². The van der Waals surface area contributed by atoms with Crippen LogP contribution in [0.2, 0.25) is 0 Å². The molecule has 6 heteroatoms. The molecule has 0 aromatic heterocycles. The van der Waals surface area contributed by atoms with Gasteiger partial charge in [-0.15, -0.1) is 12.4 Å². The maximum atomic E-state index is 13.1. The van der Waals surface area contributed by atoms with E-state index in [0.29, 0.717) is 30.2 Å². The molecule has 2 heterocycles. The first kappa shape index (κ1) is 18.2. The minimum absolute atomic E-state index is 0. The Kier molecular flexibility index (Phi) is 6.39. The molecule has 0 saturated carbocycles. The molecule has 2 atom stereocenters. The molecule has 0 aliphatic carbocycles. The van der Waals surface area contributed by atoms with Crippen molar-refractivity contribution in [3.05, 3.63) is 30.1 Å². The van der Waals surface area contributed by atoms with E-state index in [1.165, 1.54) is 37.8 Å². The number of amides is 1. The highest BCUT2D eigenvalue weighted by Crippen LogP contribution is 2.29. The van der Waals surface area contributed by atoms with Gasteiger partial charge in [-0.05, 0) is 50.9 Å². The van der Waals surface area contributed by atoms with E-state index in [-0.39, 0.29) is 24.1 Å². The predicted octanol–water partition coefficient (Wildman–Crippen LogP) is 2.79. The van der Waals surface area contributed by atoms with Crippen LogP contribution in [0.15, 0.2) is 24.3 Å². The van der Waals surface area contributed by atoms with Gasteiger partial charge >= 0.3 is 0 Å². The molecule has 2 bridgehead atoms. The third kappa shape index (κ3) is 4.90. The second-order valence-corrected chi connectivity index (χ2v) is 6.55. The minimum atomic E-state index is -0.333. The molecule has 3 rings (SSSR count). The van der Waals surface area contributed by atoms with Crippen molar-refractivity contribution in [3.63, 3.8) is 0 Å². The van der Waals surface area contributed by atoms with Gasteiger partial charge in [0.2, 0.25) is 5.91 Å². The highest BCUT2D eigenvalue weighted by molar-refractivity contribution is 5.90. The Hall–Kier alpha value is -1.17. The quantitative estimate of drug-likeness (QED) is 0.865. The van der Waals surface area contributed by atoms with E-state index in [4.69, 9.17) is 0 Å². The number of hydrogen-bond donors (Lipinski definition) is 2. The summed E-state index contributed by atoms with van der Waals surface area (Å²) in [7, 11) is 2.10. The first-order valence-corrected chi connectivity index (χ1v) is 8.12. The molecule has 1 amide bonds. The standard InChI is InChI=1S/C17H24FN3O.ClH/c1-21(16-10-14-5-6-15(11-16)19-14)8-7-17(22)20-13-4-2-3-12(18)9-13;/h2-4,9,14-16,19H,5-8,10-11H2,1H3,(H,20,22);1H. The first-order chi connectivity index (χ1) is 10.6. The molecular weight excluding hydrogens is 317 g/mol. The molecule has 0 radical (unpaired) electrons. The van der Waals surface area contributed by atoms with Gasteiger partial charge in [0.25, 0.3) is 0 Å². The minimum Gasteiger partial charge on any atom is -0.326 e. The Morgan fingerprint density at radius 3 is 2.70 bits per heavy atom. The lowest BCUT2D eigenvalue weighted by Gasteiger charge is -2.35. The van der Waals surface area contributed by atoms with Gasteiger partial charge in [0.1, 0.15) is 5.82 Å². The molecule has 1 aromatic carbocycles. The number of nitrogens with zero attached hydrogens (tertiary/aromatic N) is 1. The second-order valence-electron chi connectivity index (χ2n) is 6.55. The lowest BCUT2D eigenvalue weighted by molar-refractivity contribution is -0.116. The summed E-state index contributed by atoms with van der Waals surface area (Å²) in [6, 6.07) is 7.90. The highest BCUT2D eigenvalue weighted by atomic mass is 35.5. The molecular formula is C17H25ClFN3O. The fraction of sp³-hybridized carbons (Fsp3) is 0.588. The van der Waals surface area contributed by atoms with Crippen LogP contribution < -0.4 is 10.6 Å². The van der Waals surface area contributed by atoms with E-state index >= 15 is 0 Å². The van der Waals surface area contributed by atoms with Crippen LogP contribution in [0.3, 0.4) is 0 Å². The molecule has 0 spiro atoms. The molecule has 2 aliphatic heterocycles. The summed E-state index contributed by atoms with van der Waals surface area (Å²) < 4.78 is 13.1. The van der Waals surface area contributed by atoms with Crippen LogP contribution >= 0.6 is 12.4 Å². The van der Waals surface area contributed by atoms with Crippen molar-refractivity contribution in [3.8, 4) is 0 Å². The third-order valence-electron chi connectivity index (χ3n) is 4.87.